The van der Waals surface area contributed by atoms with Crippen molar-refractivity contribution in [1.29, 1.82) is 0 Å². The zero-order valence-corrected chi connectivity index (χ0v) is 16.0. The van der Waals surface area contributed by atoms with Crippen molar-refractivity contribution in [3.8, 4) is 0 Å². The molecule has 1 aliphatic heterocycles. The van der Waals surface area contributed by atoms with Crippen LogP contribution in [0.3, 0.4) is 0 Å². The summed E-state index contributed by atoms with van der Waals surface area (Å²) in [5, 5.41) is 2.62. The number of carbonyl (C=O) groups excluding carboxylic acids is 2. The van der Waals surface area contributed by atoms with Crippen LogP contribution < -0.4 is 14.9 Å². The van der Waals surface area contributed by atoms with Gasteiger partial charge in [0.15, 0.2) is 0 Å². The molecular weight excluding hydrogens is 385 g/mol. The third-order valence-electron chi connectivity index (χ3n) is 4.37. The Labute approximate surface area is 162 Å². The van der Waals surface area contributed by atoms with Gasteiger partial charge in [0.2, 0.25) is 21.8 Å². The van der Waals surface area contributed by atoms with Gasteiger partial charge in [0.05, 0.1) is 10.9 Å². The summed E-state index contributed by atoms with van der Waals surface area (Å²) in [7, 11) is -3.96. The number of hydrogen-bond acceptors (Lipinski definition) is 4. The molecule has 28 heavy (non-hydrogen) atoms. The zero-order valence-electron chi connectivity index (χ0n) is 15.2. The Morgan fingerprint density at radius 3 is 2.32 bits per heavy atom. The van der Waals surface area contributed by atoms with Crippen molar-refractivity contribution in [2.45, 2.75) is 30.7 Å². The third kappa shape index (κ3) is 4.55. The summed E-state index contributed by atoms with van der Waals surface area (Å²) in [5.74, 6) is -1.03. The van der Waals surface area contributed by atoms with Gasteiger partial charge in [-0.15, -0.1) is 0 Å². The van der Waals surface area contributed by atoms with Crippen molar-refractivity contribution in [3.63, 3.8) is 0 Å². The first-order chi connectivity index (χ1) is 13.3. The lowest BCUT2D eigenvalue weighted by Gasteiger charge is -2.17. The number of nitrogens with zero attached hydrogens (tertiary/aromatic N) is 1. The second-order valence-corrected chi connectivity index (χ2v) is 8.20. The van der Waals surface area contributed by atoms with Crippen LogP contribution in [0.2, 0.25) is 0 Å². The Balaban J connectivity index is 1.62. The number of carbonyl (C=O) groups is 2. The number of anilines is 2. The van der Waals surface area contributed by atoms with E-state index >= 15 is 0 Å². The monoisotopic (exact) mass is 405 g/mol. The highest BCUT2D eigenvalue weighted by atomic mass is 32.2. The van der Waals surface area contributed by atoms with E-state index < -0.39 is 27.8 Å². The molecule has 2 amide bonds. The summed E-state index contributed by atoms with van der Waals surface area (Å²) in [6.07, 6.45) is 1.35. The van der Waals surface area contributed by atoms with Crippen molar-refractivity contribution < 1.29 is 22.4 Å². The number of rotatable bonds is 6. The topological polar surface area (TPSA) is 95.6 Å². The van der Waals surface area contributed by atoms with E-state index in [1.165, 1.54) is 6.92 Å². The maximum absolute atomic E-state index is 13.0. The van der Waals surface area contributed by atoms with Crippen LogP contribution in [0, 0.1) is 5.82 Å². The van der Waals surface area contributed by atoms with E-state index in [0.717, 1.165) is 36.4 Å². The summed E-state index contributed by atoms with van der Waals surface area (Å²) in [6.45, 7) is 2.08. The standard InChI is InChI=1S/C19H20FN3O4S/c1-13(22-28(26,27)17-10-4-14(20)5-11-17)19(25)21-15-6-8-16(9-7-15)23-12-2-3-18(23)24/h4-11,13,22H,2-3,12H2,1H3,(H,21,25)/t13-/m0/s1. The second kappa shape index (κ2) is 8.07. The quantitative estimate of drug-likeness (QED) is 0.771. The van der Waals surface area contributed by atoms with Crippen LogP contribution in [0.5, 0.6) is 0 Å². The predicted molar refractivity (Wildman–Crippen MR) is 103 cm³/mol. The molecule has 7 nitrogen and oxygen atoms in total. The van der Waals surface area contributed by atoms with Crippen molar-refractivity contribution in [1.82, 2.24) is 4.72 Å². The molecule has 3 rings (SSSR count). The molecule has 2 aromatic carbocycles. The van der Waals surface area contributed by atoms with Crippen molar-refractivity contribution in [3.05, 3.63) is 54.3 Å². The number of amides is 2. The Morgan fingerprint density at radius 1 is 1.11 bits per heavy atom. The fourth-order valence-corrected chi connectivity index (χ4v) is 4.07. The van der Waals surface area contributed by atoms with Gasteiger partial charge in [-0.05, 0) is 61.9 Å². The molecule has 2 aromatic rings. The summed E-state index contributed by atoms with van der Waals surface area (Å²) < 4.78 is 39.8. The predicted octanol–water partition coefficient (Wildman–Crippen LogP) is 2.26. The molecular formula is C19H20FN3O4S. The van der Waals surface area contributed by atoms with Gasteiger partial charge in [0, 0.05) is 24.3 Å². The van der Waals surface area contributed by atoms with Gasteiger partial charge in [-0.2, -0.15) is 4.72 Å². The van der Waals surface area contributed by atoms with Gasteiger partial charge in [0.25, 0.3) is 0 Å². The lowest BCUT2D eigenvalue weighted by Crippen LogP contribution is -2.41. The highest BCUT2D eigenvalue weighted by Crippen LogP contribution is 2.23. The summed E-state index contributed by atoms with van der Waals surface area (Å²) in [6, 6.07) is 10.0. The minimum absolute atomic E-state index is 0.0700. The Hall–Kier alpha value is -2.78. The van der Waals surface area contributed by atoms with Crippen molar-refractivity contribution >= 4 is 33.2 Å². The number of hydrogen-bond donors (Lipinski definition) is 2. The molecule has 1 fully saturated rings. The van der Waals surface area contributed by atoms with Crippen LogP contribution in [0.15, 0.2) is 53.4 Å². The molecule has 0 aliphatic carbocycles. The molecule has 148 valence electrons. The van der Waals surface area contributed by atoms with Crippen molar-refractivity contribution in [2.75, 3.05) is 16.8 Å². The molecule has 0 unspecified atom stereocenters. The summed E-state index contributed by atoms with van der Waals surface area (Å²) in [5.41, 5.74) is 1.23. The van der Waals surface area contributed by atoms with Gasteiger partial charge in [0.1, 0.15) is 5.82 Å². The molecule has 1 atom stereocenters. The third-order valence-corrected chi connectivity index (χ3v) is 5.93. The van der Waals surface area contributed by atoms with E-state index in [2.05, 4.69) is 10.0 Å². The lowest BCUT2D eigenvalue weighted by molar-refractivity contribution is -0.118. The highest BCUT2D eigenvalue weighted by Gasteiger charge is 2.23. The normalized spacial score (nSPS) is 15.5. The molecule has 9 heteroatoms. The fourth-order valence-electron chi connectivity index (χ4n) is 2.86. The number of nitrogens with one attached hydrogen (secondary N) is 2. The molecule has 0 aromatic heterocycles. The molecule has 0 bridgehead atoms. The largest absolute Gasteiger partial charge is 0.325 e. The van der Waals surface area contributed by atoms with E-state index in [0.29, 0.717) is 18.7 Å². The van der Waals surface area contributed by atoms with Gasteiger partial charge in [-0.25, -0.2) is 12.8 Å². The zero-order chi connectivity index (χ0) is 20.3. The SMILES string of the molecule is C[C@H](NS(=O)(=O)c1ccc(F)cc1)C(=O)Nc1ccc(N2CCCC2=O)cc1. The first-order valence-corrected chi connectivity index (χ1v) is 10.2. The average molecular weight is 405 g/mol. The summed E-state index contributed by atoms with van der Waals surface area (Å²) >= 11 is 0. The Morgan fingerprint density at radius 2 is 1.75 bits per heavy atom. The Bertz CT molecular complexity index is 975. The average Bonchev–Trinajstić information content (AvgIpc) is 3.08. The van der Waals surface area contributed by atoms with Crippen LogP contribution >= 0.6 is 0 Å². The molecule has 0 saturated carbocycles. The second-order valence-electron chi connectivity index (χ2n) is 6.48. The van der Waals surface area contributed by atoms with Gasteiger partial charge < -0.3 is 10.2 Å². The van der Waals surface area contributed by atoms with Crippen LogP contribution in [-0.2, 0) is 19.6 Å². The smallest absolute Gasteiger partial charge is 0.242 e. The van der Waals surface area contributed by atoms with Gasteiger partial charge >= 0.3 is 0 Å². The van der Waals surface area contributed by atoms with E-state index in [1.54, 1.807) is 29.2 Å². The Kier molecular flexibility index (Phi) is 5.76. The molecule has 0 radical (unpaired) electrons. The van der Waals surface area contributed by atoms with E-state index in [-0.39, 0.29) is 10.8 Å². The van der Waals surface area contributed by atoms with E-state index in [4.69, 9.17) is 0 Å². The maximum atomic E-state index is 13.0. The first-order valence-electron chi connectivity index (χ1n) is 8.75. The van der Waals surface area contributed by atoms with E-state index in [9.17, 15) is 22.4 Å². The maximum Gasteiger partial charge on any atom is 0.242 e. The number of halogens is 1. The van der Waals surface area contributed by atoms with E-state index in [1.807, 2.05) is 0 Å². The van der Waals surface area contributed by atoms with Crippen LogP contribution in [-0.4, -0.2) is 32.8 Å². The first kappa shape index (κ1) is 20.0. The van der Waals surface area contributed by atoms with Crippen LogP contribution in [0.1, 0.15) is 19.8 Å². The molecule has 0 spiro atoms. The highest BCUT2D eigenvalue weighted by molar-refractivity contribution is 7.89. The van der Waals surface area contributed by atoms with Crippen LogP contribution in [0.4, 0.5) is 15.8 Å². The molecule has 2 N–H and O–H groups in total. The van der Waals surface area contributed by atoms with Gasteiger partial charge in [-0.3, -0.25) is 9.59 Å². The molecule has 1 saturated heterocycles. The number of sulfonamides is 1. The van der Waals surface area contributed by atoms with Gasteiger partial charge in [-0.1, -0.05) is 0 Å². The molecule has 1 aliphatic rings. The number of benzene rings is 2. The molecule has 1 heterocycles. The fraction of sp³-hybridized carbons (Fsp3) is 0.263. The minimum atomic E-state index is -3.96. The minimum Gasteiger partial charge on any atom is -0.325 e. The summed E-state index contributed by atoms with van der Waals surface area (Å²) in [4.78, 5) is 25.6. The van der Waals surface area contributed by atoms with Crippen LogP contribution in [0.25, 0.3) is 0 Å². The van der Waals surface area contributed by atoms with Crippen molar-refractivity contribution in [2.24, 2.45) is 0 Å². The lowest BCUT2D eigenvalue weighted by atomic mass is 10.2.